The van der Waals surface area contributed by atoms with Gasteiger partial charge in [0.1, 0.15) is 0 Å². The molecule has 230 valence electrons. The van der Waals surface area contributed by atoms with Crippen LogP contribution < -0.4 is 14.4 Å². The first kappa shape index (κ1) is 31.8. The van der Waals surface area contributed by atoms with Gasteiger partial charge in [0.05, 0.1) is 38.3 Å². The Bertz CT molecular complexity index is 1860. The van der Waals surface area contributed by atoms with Crippen molar-refractivity contribution in [2.24, 2.45) is 4.99 Å². The molecule has 0 aromatic heterocycles. The molecule has 0 aliphatic carbocycles. The summed E-state index contributed by atoms with van der Waals surface area (Å²) in [5.74, 6) is -0.601. The summed E-state index contributed by atoms with van der Waals surface area (Å²) in [6, 6.07) is 20.2. The third-order valence-electron chi connectivity index (χ3n) is 6.60. The van der Waals surface area contributed by atoms with Crippen molar-refractivity contribution < 1.29 is 32.4 Å². The molecule has 0 unspecified atom stereocenters. The average molecular weight is 699 g/mol. The maximum absolute atomic E-state index is 13.7. The van der Waals surface area contributed by atoms with Crippen LogP contribution in [0.5, 0.6) is 17.2 Å². The molecule has 0 spiro atoms. The first-order valence-electron chi connectivity index (χ1n) is 13.2. The molecule has 1 fully saturated rings. The summed E-state index contributed by atoms with van der Waals surface area (Å²) in [5.41, 5.74) is 1.90. The Hall–Kier alpha value is -4.62. The van der Waals surface area contributed by atoms with Gasteiger partial charge in [-0.15, -0.1) is 0 Å². The maximum Gasteiger partial charge on any atom is 0.416 e. The molecular formula is C32H23BrF3N3O5S. The molecule has 1 aliphatic rings. The smallest absolute Gasteiger partial charge is 0.416 e. The number of ether oxygens (including phenoxy) is 2. The zero-order valence-electron chi connectivity index (χ0n) is 23.9. The van der Waals surface area contributed by atoms with Gasteiger partial charge < -0.3 is 9.47 Å². The second kappa shape index (κ2) is 12.8. The number of anilines is 1. The zero-order chi connectivity index (χ0) is 32.5. The van der Waals surface area contributed by atoms with Gasteiger partial charge in [0.15, 0.2) is 16.7 Å². The Labute approximate surface area is 268 Å². The Balaban J connectivity index is 1.51. The number of amides is 1. The molecule has 5 rings (SSSR count). The Kier molecular flexibility index (Phi) is 9.03. The SMILES string of the molecule is COc1cc(/C=C2\SC(=Nc3ccc(C)cc3)N(c3ccc(C)cc3)C2=O)cc(Br)c1Oc1ccc(C(F)(F)F)cc1[N+](=O)[O-]. The van der Waals surface area contributed by atoms with Crippen LogP contribution in [-0.2, 0) is 11.0 Å². The monoisotopic (exact) mass is 697 g/mol. The molecule has 45 heavy (non-hydrogen) atoms. The van der Waals surface area contributed by atoms with Crippen LogP contribution in [0.25, 0.3) is 6.08 Å². The van der Waals surface area contributed by atoms with E-state index < -0.39 is 28.1 Å². The van der Waals surface area contributed by atoms with Crippen LogP contribution in [0.4, 0.5) is 30.2 Å². The summed E-state index contributed by atoms with van der Waals surface area (Å²) in [6.07, 6.45) is -3.13. The van der Waals surface area contributed by atoms with Crippen molar-refractivity contribution in [3.63, 3.8) is 0 Å². The van der Waals surface area contributed by atoms with E-state index in [1.54, 1.807) is 18.2 Å². The topological polar surface area (TPSA) is 94.3 Å². The van der Waals surface area contributed by atoms with Crippen LogP contribution in [0.2, 0.25) is 0 Å². The fourth-order valence-electron chi connectivity index (χ4n) is 4.31. The fraction of sp³-hybridized carbons (Fsp3) is 0.125. The molecule has 0 radical (unpaired) electrons. The molecule has 4 aromatic rings. The van der Waals surface area contributed by atoms with Crippen LogP contribution in [0.1, 0.15) is 22.3 Å². The highest BCUT2D eigenvalue weighted by molar-refractivity contribution is 9.10. The number of hydrogen-bond donors (Lipinski definition) is 0. The van der Waals surface area contributed by atoms with Gasteiger partial charge in [0, 0.05) is 6.07 Å². The van der Waals surface area contributed by atoms with Crippen LogP contribution in [-0.4, -0.2) is 23.1 Å². The normalized spacial score (nSPS) is 15.2. The minimum Gasteiger partial charge on any atom is -0.493 e. The number of hydrogen-bond acceptors (Lipinski definition) is 7. The summed E-state index contributed by atoms with van der Waals surface area (Å²) in [7, 11) is 1.34. The van der Waals surface area contributed by atoms with E-state index in [1.165, 1.54) is 23.8 Å². The molecule has 1 heterocycles. The summed E-state index contributed by atoms with van der Waals surface area (Å²) in [5, 5.41) is 12.0. The third-order valence-corrected chi connectivity index (χ3v) is 8.16. The number of aliphatic imine (C=N–C) groups is 1. The van der Waals surface area contributed by atoms with E-state index in [1.807, 2.05) is 62.4 Å². The highest BCUT2D eigenvalue weighted by Crippen LogP contribution is 2.45. The summed E-state index contributed by atoms with van der Waals surface area (Å²) < 4.78 is 50.9. The van der Waals surface area contributed by atoms with E-state index in [-0.39, 0.29) is 21.9 Å². The summed E-state index contributed by atoms with van der Waals surface area (Å²) in [4.78, 5) is 31.0. The number of amidine groups is 1. The highest BCUT2D eigenvalue weighted by atomic mass is 79.9. The van der Waals surface area contributed by atoms with E-state index in [4.69, 9.17) is 14.5 Å². The number of nitro groups is 1. The zero-order valence-corrected chi connectivity index (χ0v) is 26.3. The predicted molar refractivity (Wildman–Crippen MR) is 171 cm³/mol. The quantitative estimate of drug-likeness (QED) is 0.108. The molecule has 0 saturated carbocycles. The van der Waals surface area contributed by atoms with E-state index in [0.29, 0.717) is 39.1 Å². The molecule has 0 atom stereocenters. The molecule has 13 heteroatoms. The number of methoxy groups -OCH3 is 1. The minimum atomic E-state index is -4.77. The van der Waals surface area contributed by atoms with Crippen molar-refractivity contribution >= 4 is 61.9 Å². The van der Waals surface area contributed by atoms with Crippen LogP contribution in [0.15, 0.2) is 93.2 Å². The van der Waals surface area contributed by atoms with Gasteiger partial charge >= 0.3 is 11.9 Å². The predicted octanol–water partition coefficient (Wildman–Crippen LogP) is 9.60. The minimum absolute atomic E-state index is 0.00388. The van der Waals surface area contributed by atoms with Gasteiger partial charge in [-0.05, 0) is 102 Å². The third kappa shape index (κ3) is 7.04. The molecule has 1 amide bonds. The number of nitro benzene ring substituents is 1. The lowest BCUT2D eigenvalue weighted by Gasteiger charge is -2.16. The summed E-state index contributed by atoms with van der Waals surface area (Å²) in [6.45, 7) is 3.92. The molecule has 1 saturated heterocycles. The standard InChI is InChI=1S/C32H23BrF3N3O5S/c1-18-4-9-22(10-5-18)37-31-38(23-11-6-19(2)7-12-23)30(40)28(45-31)16-20-14-24(33)29(27(15-20)43-3)44-26-13-8-21(32(34,35)36)17-25(26)39(41)42/h4-17H,1-3H3/b28-16-,37-31?. The number of halogens is 4. The van der Waals surface area contributed by atoms with Crippen LogP contribution >= 0.6 is 27.7 Å². The number of aryl methyl sites for hydroxylation is 2. The van der Waals surface area contributed by atoms with E-state index in [0.717, 1.165) is 17.2 Å². The molecular weight excluding hydrogens is 675 g/mol. The maximum atomic E-state index is 13.7. The van der Waals surface area contributed by atoms with Crippen molar-refractivity contribution in [1.82, 2.24) is 0 Å². The Morgan fingerprint density at radius 3 is 2.20 bits per heavy atom. The van der Waals surface area contributed by atoms with Crippen LogP contribution in [0.3, 0.4) is 0 Å². The van der Waals surface area contributed by atoms with Gasteiger partial charge in [-0.3, -0.25) is 19.8 Å². The lowest BCUT2D eigenvalue weighted by Crippen LogP contribution is -2.28. The molecule has 0 bridgehead atoms. The van der Waals surface area contributed by atoms with Gasteiger partial charge in [0.25, 0.3) is 5.91 Å². The average Bonchev–Trinajstić information content (AvgIpc) is 3.29. The van der Waals surface area contributed by atoms with Crippen molar-refractivity contribution in [3.05, 3.63) is 121 Å². The first-order valence-corrected chi connectivity index (χ1v) is 14.8. The number of carbonyl (C=O) groups is 1. The fourth-order valence-corrected chi connectivity index (χ4v) is 5.85. The van der Waals surface area contributed by atoms with E-state index >= 15 is 0 Å². The first-order chi connectivity index (χ1) is 21.3. The number of rotatable bonds is 7. The Morgan fingerprint density at radius 2 is 1.60 bits per heavy atom. The van der Waals surface area contributed by atoms with Gasteiger partial charge in [-0.2, -0.15) is 13.2 Å². The van der Waals surface area contributed by atoms with Gasteiger partial charge in [-0.25, -0.2) is 4.99 Å². The second-order valence-corrected chi connectivity index (χ2v) is 11.8. The number of thioether (sulfide) groups is 1. The number of nitrogens with zero attached hydrogens (tertiary/aromatic N) is 3. The van der Waals surface area contributed by atoms with Gasteiger partial charge in [-0.1, -0.05) is 35.4 Å². The molecule has 0 N–H and O–H groups in total. The second-order valence-electron chi connectivity index (χ2n) is 9.89. The number of benzene rings is 4. The van der Waals surface area contributed by atoms with Crippen molar-refractivity contribution in [3.8, 4) is 17.2 Å². The van der Waals surface area contributed by atoms with Crippen LogP contribution in [0, 0.1) is 24.0 Å². The van der Waals surface area contributed by atoms with Crippen molar-refractivity contribution in [2.75, 3.05) is 12.0 Å². The lowest BCUT2D eigenvalue weighted by molar-refractivity contribution is -0.385. The Morgan fingerprint density at radius 1 is 0.956 bits per heavy atom. The molecule has 8 nitrogen and oxygen atoms in total. The summed E-state index contributed by atoms with van der Waals surface area (Å²) >= 11 is 4.56. The molecule has 4 aromatic carbocycles. The van der Waals surface area contributed by atoms with E-state index in [2.05, 4.69) is 15.9 Å². The largest absolute Gasteiger partial charge is 0.493 e. The number of carbonyl (C=O) groups excluding carboxylic acids is 1. The van der Waals surface area contributed by atoms with E-state index in [9.17, 15) is 28.1 Å². The van der Waals surface area contributed by atoms with Crippen molar-refractivity contribution in [1.29, 1.82) is 0 Å². The van der Waals surface area contributed by atoms with Gasteiger partial charge in [0.2, 0.25) is 5.75 Å². The number of alkyl halides is 3. The molecule has 1 aliphatic heterocycles. The lowest BCUT2D eigenvalue weighted by atomic mass is 10.1. The van der Waals surface area contributed by atoms with Crippen molar-refractivity contribution in [2.45, 2.75) is 20.0 Å². The highest BCUT2D eigenvalue weighted by Gasteiger charge is 2.36.